The lowest BCUT2D eigenvalue weighted by molar-refractivity contribution is -0.131. The summed E-state index contributed by atoms with van der Waals surface area (Å²) in [4.78, 5) is 20.1. The van der Waals surface area contributed by atoms with Gasteiger partial charge in [0.25, 0.3) is 0 Å². The fourth-order valence-corrected chi connectivity index (χ4v) is 4.24. The van der Waals surface area contributed by atoms with Crippen molar-refractivity contribution in [3.63, 3.8) is 0 Å². The second kappa shape index (κ2) is 9.88. The highest BCUT2D eigenvalue weighted by Crippen LogP contribution is 2.26. The average molecular weight is 473 g/mol. The first-order valence-corrected chi connectivity index (χ1v) is 11.4. The predicted molar refractivity (Wildman–Crippen MR) is 131 cm³/mol. The molecule has 0 saturated carbocycles. The van der Waals surface area contributed by atoms with Gasteiger partial charge in [0.1, 0.15) is 0 Å². The molecular weight excluding hydrogens is 448 g/mol. The van der Waals surface area contributed by atoms with E-state index in [4.69, 9.17) is 4.98 Å². The second-order valence-corrected chi connectivity index (χ2v) is 8.49. The summed E-state index contributed by atoms with van der Waals surface area (Å²) in [6, 6.07) is 28.4. The molecule has 0 atom stereocenters. The number of halogens is 1. The molecule has 4 rings (SSSR count). The zero-order valence-corrected chi connectivity index (χ0v) is 19.2. The number of aromatic nitrogens is 1. The third-order valence-corrected chi connectivity index (χ3v) is 6.15. The summed E-state index contributed by atoms with van der Waals surface area (Å²) < 4.78 is 0.973. The molecule has 0 aliphatic rings. The van der Waals surface area contributed by atoms with Crippen LogP contribution in [0.15, 0.2) is 89.4 Å². The highest BCUT2D eigenvalue weighted by atomic mass is 79.9. The smallest absolute Gasteiger partial charge is 0.227 e. The van der Waals surface area contributed by atoms with Gasteiger partial charge in [-0.3, -0.25) is 4.79 Å². The van der Waals surface area contributed by atoms with E-state index in [2.05, 4.69) is 47.1 Å². The van der Waals surface area contributed by atoms with Crippen LogP contribution in [0.4, 0.5) is 0 Å². The molecule has 1 heterocycles. The molecule has 0 unspecified atom stereocenters. The Morgan fingerprint density at radius 3 is 2.39 bits per heavy atom. The SMILES string of the molecule is CCCN(Cc1cc(-c2ccccc2)nc2ccccc12)C(=O)Cc1ccccc1Br. The number of fused-ring (bicyclic) bond motifs is 1. The molecule has 1 aromatic heterocycles. The van der Waals surface area contributed by atoms with Crippen molar-refractivity contribution in [3.05, 3.63) is 101 Å². The number of carbonyl (C=O) groups is 1. The largest absolute Gasteiger partial charge is 0.338 e. The third-order valence-electron chi connectivity index (χ3n) is 5.38. The standard InChI is InChI=1S/C27H25BrN2O/c1-2-16-30(27(31)18-21-12-6-8-14-24(21)28)19-22-17-26(20-10-4-3-5-11-20)29-25-15-9-7-13-23(22)25/h3-15,17H,2,16,18-19H2,1H3. The van der Waals surface area contributed by atoms with E-state index in [0.29, 0.717) is 13.0 Å². The number of rotatable bonds is 7. The van der Waals surface area contributed by atoms with E-state index in [0.717, 1.165) is 50.7 Å². The summed E-state index contributed by atoms with van der Waals surface area (Å²) in [5.41, 5.74) is 5.10. The topological polar surface area (TPSA) is 33.2 Å². The van der Waals surface area contributed by atoms with Crippen LogP contribution in [0, 0.1) is 0 Å². The lowest BCUT2D eigenvalue weighted by Crippen LogP contribution is -2.32. The first kappa shape index (κ1) is 21.3. The Balaban J connectivity index is 1.69. The van der Waals surface area contributed by atoms with Crippen LogP contribution in [0.3, 0.4) is 0 Å². The van der Waals surface area contributed by atoms with Crippen LogP contribution >= 0.6 is 15.9 Å². The fourth-order valence-electron chi connectivity index (χ4n) is 3.82. The number of nitrogens with zero attached hydrogens (tertiary/aromatic N) is 2. The van der Waals surface area contributed by atoms with Crippen LogP contribution in [-0.4, -0.2) is 22.3 Å². The van der Waals surface area contributed by atoms with Gasteiger partial charge in [0.2, 0.25) is 5.91 Å². The summed E-state index contributed by atoms with van der Waals surface area (Å²) in [6.45, 7) is 3.40. The molecule has 31 heavy (non-hydrogen) atoms. The normalized spacial score (nSPS) is 10.9. The number of carbonyl (C=O) groups excluding carboxylic acids is 1. The summed E-state index contributed by atoms with van der Waals surface area (Å²) in [5.74, 6) is 0.135. The zero-order chi connectivity index (χ0) is 21.6. The van der Waals surface area contributed by atoms with Crippen molar-refractivity contribution in [1.29, 1.82) is 0 Å². The lowest BCUT2D eigenvalue weighted by Gasteiger charge is -2.24. The Labute approximate surface area is 191 Å². The van der Waals surface area contributed by atoms with Gasteiger partial charge in [-0.1, -0.05) is 89.6 Å². The molecular formula is C27H25BrN2O. The van der Waals surface area contributed by atoms with Crippen molar-refractivity contribution in [2.45, 2.75) is 26.3 Å². The molecule has 1 amide bonds. The number of para-hydroxylation sites is 1. The van der Waals surface area contributed by atoms with Crippen molar-refractivity contribution in [3.8, 4) is 11.3 Å². The van der Waals surface area contributed by atoms with Crippen LogP contribution in [0.1, 0.15) is 24.5 Å². The van der Waals surface area contributed by atoms with Gasteiger partial charge in [0.05, 0.1) is 17.6 Å². The van der Waals surface area contributed by atoms with Gasteiger partial charge >= 0.3 is 0 Å². The molecule has 0 aliphatic carbocycles. The van der Waals surface area contributed by atoms with E-state index in [1.807, 2.05) is 65.6 Å². The van der Waals surface area contributed by atoms with Crippen LogP contribution < -0.4 is 0 Å². The quantitative estimate of drug-likeness (QED) is 0.301. The summed E-state index contributed by atoms with van der Waals surface area (Å²) in [5, 5.41) is 1.09. The second-order valence-electron chi connectivity index (χ2n) is 7.63. The predicted octanol–water partition coefficient (Wildman–Crippen LogP) is 6.65. The van der Waals surface area contributed by atoms with E-state index in [-0.39, 0.29) is 5.91 Å². The molecule has 0 saturated heterocycles. The maximum absolute atomic E-state index is 13.2. The Morgan fingerprint density at radius 2 is 1.61 bits per heavy atom. The Morgan fingerprint density at radius 1 is 0.903 bits per heavy atom. The summed E-state index contributed by atoms with van der Waals surface area (Å²) in [7, 11) is 0. The van der Waals surface area contributed by atoms with E-state index in [1.54, 1.807) is 0 Å². The van der Waals surface area contributed by atoms with Gasteiger partial charge in [0, 0.05) is 28.5 Å². The minimum Gasteiger partial charge on any atom is -0.338 e. The van der Waals surface area contributed by atoms with Crippen molar-refractivity contribution in [1.82, 2.24) is 9.88 Å². The molecule has 4 aromatic rings. The van der Waals surface area contributed by atoms with Crippen molar-refractivity contribution < 1.29 is 4.79 Å². The number of hydrogen-bond acceptors (Lipinski definition) is 2. The van der Waals surface area contributed by atoms with E-state index in [1.165, 1.54) is 0 Å². The highest BCUT2D eigenvalue weighted by molar-refractivity contribution is 9.10. The summed E-state index contributed by atoms with van der Waals surface area (Å²) >= 11 is 3.57. The molecule has 4 heteroatoms. The zero-order valence-electron chi connectivity index (χ0n) is 17.6. The van der Waals surface area contributed by atoms with Crippen molar-refractivity contribution in [2.75, 3.05) is 6.54 Å². The average Bonchev–Trinajstić information content (AvgIpc) is 2.80. The summed E-state index contributed by atoms with van der Waals surface area (Å²) in [6.07, 6.45) is 1.30. The van der Waals surface area contributed by atoms with Crippen molar-refractivity contribution in [2.24, 2.45) is 0 Å². The van der Waals surface area contributed by atoms with Gasteiger partial charge in [0.15, 0.2) is 0 Å². The molecule has 0 fully saturated rings. The monoisotopic (exact) mass is 472 g/mol. The minimum absolute atomic E-state index is 0.135. The maximum atomic E-state index is 13.2. The Hall–Kier alpha value is -2.98. The molecule has 0 aliphatic heterocycles. The third kappa shape index (κ3) is 5.02. The molecule has 156 valence electrons. The maximum Gasteiger partial charge on any atom is 0.227 e. The molecule has 0 N–H and O–H groups in total. The van der Waals surface area contributed by atoms with Crippen LogP contribution in [0.25, 0.3) is 22.2 Å². The fraction of sp³-hybridized carbons (Fsp3) is 0.185. The Bertz CT molecular complexity index is 1190. The van der Waals surface area contributed by atoms with E-state index < -0.39 is 0 Å². The lowest BCUT2D eigenvalue weighted by atomic mass is 10.0. The van der Waals surface area contributed by atoms with Gasteiger partial charge in [-0.15, -0.1) is 0 Å². The van der Waals surface area contributed by atoms with Gasteiger partial charge in [-0.05, 0) is 35.7 Å². The van der Waals surface area contributed by atoms with E-state index in [9.17, 15) is 4.79 Å². The first-order chi connectivity index (χ1) is 15.2. The molecule has 0 radical (unpaired) electrons. The number of amides is 1. The van der Waals surface area contributed by atoms with Gasteiger partial charge in [-0.25, -0.2) is 4.98 Å². The Kier molecular flexibility index (Phi) is 6.78. The first-order valence-electron chi connectivity index (χ1n) is 10.6. The van der Waals surface area contributed by atoms with Gasteiger partial charge in [-0.2, -0.15) is 0 Å². The number of hydrogen-bond donors (Lipinski definition) is 0. The number of benzene rings is 3. The van der Waals surface area contributed by atoms with Gasteiger partial charge < -0.3 is 4.90 Å². The van der Waals surface area contributed by atoms with Crippen LogP contribution in [0.2, 0.25) is 0 Å². The van der Waals surface area contributed by atoms with Crippen LogP contribution in [-0.2, 0) is 17.8 Å². The van der Waals surface area contributed by atoms with E-state index >= 15 is 0 Å². The van der Waals surface area contributed by atoms with Crippen LogP contribution in [0.5, 0.6) is 0 Å². The minimum atomic E-state index is 0.135. The molecule has 3 nitrogen and oxygen atoms in total. The molecule has 3 aromatic carbocycles. The number of pyridine rings is 1. The molecule has 0 bridgehead atoms. The van der Waals surface area contributed by atoms with Crippen molar-refractivity contribution >= 4 is 32.7 Å². The highest BCUT2D eigenvalue weighted by Gasteiger charge is 2.17. The molecule has 0 spiro atoms.